The second kappa shape index (κ2) is 4.79. The first-order valence-electron chi connectivity index (χ1n) is 4.10. The molecule has 0 aromatic carbocycles. The molecule has 0 aliphatic carbocycles. The standard InChI is InChI=1S/C9H9F2NO3/c1-15-8(14)2-7(13)9-5(10)3-12-4-6(9)11/h3-4,7,13H,2H2,1H3/t7-/m0/s1. The van der Waals surface area contributed by atoms with Gasteiger partial charge in [0.1, 0.15) is 11.6 Å². The minimum Gasteiger partial charge on any atom is -0.469 e. The summed E-state index contributed by atoms with van der Waals surface area (Å²) in [6.07, 6.45) is -0.549. The lowest BCUT2D eigenvalue weighted by Gasteiger charge is -2.10. The van der Waals surface area contributed by atoms with Crippen molar-refractivity contribution in [2.75, 3.05) is 7.11 Å². The quantitative estimate of drug-likeness (QED) is 0.766. The Morgan fingerprint density at radius 1 is 1.53 bits per heavy atom. The van der Waals surface area contributed by atoms with Gasteiger partial charge in [-0.1, -0.05) is 0 Å². The number of nitrogens with zero attached hydrogens (tertiary/aromatic N) is 1. The summed E-state index contributed by atoms with van der Waals surface area (Å²) in [5, 5.41) is 9.38. The summed E-state index contributed by atoms with van der Waals surface area (Å²) in [6, 6.07) is 0. The fraction of sp³-hybridized carbons (Fsp3) is 0.333. The third-order valence-electron chi connectivity index (χ3n) is 1.81. The van der Waals surface area contributed by atoms with E-state index in [0.717, 1.165) is 19.5 Å². The molecular weight excluding hydrogens is 208 g/mol. The lowest BCUT2D eigenvalue weighted by molar-refractivity contribution is -0.142. The Morgan fingerprint density at radius 3 is 2.53 bits per heavy atom. The summed E-state index contributed by atoms with van der Waals surface area (Å²) < 4.78 is 30.3. The molecule has 82 valence electrons. The maximum Gasteiger partial charge on any atom is 0.308 e. The molecule has 0 unspecified atom stereocenters. The summed E-state index contributed by atoms with van der Waals surface area (Å²) in [5.74, 6) is -2.74. The van der Waals surface area contributed by atoms with Gasteiger partial charge in [-0.05, 0) is 0 Å². The van der Waals surface area contributed by atoms with Crippen LogP contribution in [-0.2, 0) is 9.53 Å². The smallest absolute Gasteiger partial charge is 0.308 e. The van der Waals surface area contributed by atoms with Crippen LogP contribution >= 0.6 is 0 Å². The number of carbonyl (C=O) groups is 1. The van der Waals surface area contributed by atoms with Crippen LogP contribution in [0.25, 0.3) is 0 Å². The van der Waals surface area contributed by atoms with E-state index in [1.807, 2.05) is 0 Å². The monoisotopic (exact) mass is 217 g/mol. The number of hydrogen-bond donors (Lipinski definition) is 1. The van der Waals surface area contributed by atoms with Gasteiger partial charge in [-0.25, -0.2) is 8.78 Å². The van der Waals surface area contributed by atoms with Crippen molar-refractivity contribution in [1.29, 1.82) is 0 Å². The molecule has 1 atom stereocenters. The predicted molar refractivity (Wildman–Crippen MR) is 45.7 cm³/mol. The molecule has 0 fully saturated rings. The van der Waals surface area contributed by atoms with E-state index in [1.54, 1.807) is 0 Å². The van der Waals surface area contributed by atoms with Crippen molar-refractivity contribution in [2.45, 2.75) is 12.5 Å². The normalized spacial score (nSPS) is 12.3. The molecule has 0 saturated heterocycles. The van der Waals surface area contributed by atoms with Crippen LogP contribution in [0.5, 0.6) is 0 Å². The average Bonchev–Trinajstić information content (AvgIpc) is 2.17. The van der Waals surface area contributed by atoms with Crippen molar-refractivity contribution < 1.29 is 23.4 Å². The molecule has 1 N–H and O–H groups in total. The lowest BCUT2D eigenvalue weighted by Crippen LogP contribution is -2.11. The third-order valence-corrected chi connectivity index (χ3v) is 1.81. The molecule has 0 spiro atoms. The number of halogens is 2. The van der Waals surface area contributed by atoms with Crippen LogP contribution in [0.15, 0.2) is 12.4 Å². The first-order valence-corrected chi connectivity index (χ1v) is 4.10. The van der Waals surface area contributed by atoms with Gasteiger partial charge in [0, 0.05) is 0 Å². The Labute approximate surface area is 84.5 Å². The van der Waals surface area contributed by atoms with E-state index < -0.39 is 35.7 Å². The number of methoxy groups -OCH3 is 1. The highest BCUT2D eigenvalue weighted by molar-refractivity contribution is 5.70. The fourth-order valence-electron chi connectivity index (χ4n) is 1.08. The van der Waals surface area contributed by atoms with Crippen LogP contribution in [0.4, 0.5) is 8.78 Å². The second-order valence-electron chi connectivity index (χ2n) is 2.81. The van der Waals surface area contributed by atoms with Gasteiger partial charge in [0.2, 0.25) is 0 Å². The van der Waals surface area contributed by atoms with Crippen molar-refractivity contribution in [1.82, 2.24) is 4.98 Å². The van der Waals surface area contributed by atoms with E-state index in [2.05, 4.69) is 9.72 Å². The average molecular weight is 217 g/mol. The van der Waals surface area contributed by atoms with Gasteiger partial charge in [0.15, 0.2) is 0 Å². The van der Waals surface area contributed by atoms with Gasteiger partial charge in [0.05, 0.1) is 37.6 Å². The van der Waals surface area contributed by atoms with Crippen LogP contribution in [0.3, 0.4) is 0 Å². The molecule has 6 heteroatoms. The number of ether oxygens (including phenoxy) is 1. The van der Waals surface area contributed by atoms with Gasteiger partial charge in [-0.15, -0.1) is 0 Å². The highest BCUT2D eigenvalue weighted by atomic mass is 19.1. The largest absolute Gasteiger partial charge is 0.469 e. The van der Waals surface area contributed by atoms with Gasteiger partial charge >= 0.3 is 5.97 Å². The summed E-state index contributed by atoms with van der Waals surface area (Å²) in [7, 11) is 1.12. The summed E-state index contributed by atoms with van der Waals surface area (Å²) >= 11 is 0. The van der Waals surface area contributed by atoms with Crippen molar-refractivity contribution in [3.05, 3.63) is 29.6 Å². The van der Waals surface area contributed by atoms with E-state index in [9.17, 15) is 18.7 Å². The molecule has 1 aromatic heterocycles. The summed E-state index contributed by atoms with van der Waals surface area (Å²) in [4.78, 5) is 14.0. The van der Waals surface area contributed by atoms with Crippen molar-refractivity contribution in [3.63, 3.8) is 0 Å². The number of aliphatic hydroxyl groups excluding tert-OH is 1. The number of hydrogen-bond acceptors (Lipinski definition) is 4. The minimum absolute atomic E-state index is 0.506. The molecule has 0 amide bonds. The Morgan fingerprint density at radius 2 is 2.07 bits per heavy atom. The molecule has 0 aliphatic rings. The highest BCUT2D eigenvalue weighted by Crippen LogP contribution is 2.22. The van der Waals surface area contributed by atoms with E-state index in [-0.39, 0.29) is 0 Å². The molecule has 1 heterocycles. The van der Waals surface area contributed by atoms with Crippen LogP contribution in [0.2, 0.25) is 0 Å². The van der Waals surface area contributed by atoms with Gasteiger partial charge < -0.3 is 9.84 Å². The van der Waals surface area contributed by atoms with E-state index >= 15 is 0 Å². The van der Waals surface area contributed by atoms with Gasteiger partial charge in [-0.3, -0.25) is 9.78 Å². The Balaban J connectivity index is 2.90. The van der Waals surface area contributed by atoms with Crippen LogP contribution in [0.1, 0.15) is 18.1 Å². The SMILES string of the molecule is COC(=O)C[C@H](O)c1c(F)cncc1F. The van der Waals surface area contributed by atoms with Crippen LogP contribution < -0.4 is 0 Å². The first-order chi connectivity index (χ1) is 7.06. The minimum atomic E-state index is -1.57. The first kappa shape index (κ1) is 11.5. The third kappa shape index (κ3) is 2.69. The fourth-order valence-corrected chi connectivity index (χ4v) is 1.08. The second-order valence-corrected chi connectivity index (χ2v) is 2.81. The summed E-state index contributed by atoms with van der Waals surface area (Å²) in [6.45, 7) is 0. The maximum atomic E-state index is 13.0. The topological polar surface area (TPSA) is 59.4 Å². The Kier molecular flexibility index (Phi) is 3.68. The number of carbonyl (C=O) groups excluding carboxylic acids is 1. The molecule has 1 aromatic rings. The number of pyridine rings is 1. The van der Waals surface area contributed by atoms with Gasteiger partial charge in [0.25, 0.3) is 0 Å². The number of esters is 1. The number of rotatable bonds is 3. The molecule has 0 aliphatic heterocycles. The zero-order valence-corrected chi connectivity index (χ0v) is 7.91. The van der Waals surface area contributed by atoms with Gasteiger partial charge in [-0.2, -0.15) is 0 Å². The van der Waals surface area contributed by atoms with Crippen molar-refractivity contribution in [3.8, 4) is 0 Å². The van der Waals surface area contributed by atoms with Crippen LogP contribution in [0, 0.1) is 11.6 Å². The predicted octanol–water partition coefficient (Wildman–Crippen LogP) is 0.956. The summed E-state index contributed by atoms with van der Waals surface area (Å²) in [5.41, 5.74) is -0.574. The molecule has 0 saturated carbocycles. The zero-order valence-electron chi connectivity index (χ0n) is 7.91. The molecule has 4 nitrogen and oxygen atoms in total. The van der Waals surface area contributed by atoms with Crippen molar-refractivity contribution in [2.24, 2.45) is 0 Å². The van der Waals surface area contributed by atoms with Crippen LogP contribution in [-0.4, -0.2) is 23.2 Å². The molecular formula is C9H9F2NO3. The highest BCUT2D eigenvalue weighted by Gasteiger charge is 2.21. The lowest BCUT2D eigenvalue weighted by atomic mass is 10.1. The number of aromatic nitrogens is 1. The molecule has 0 bridgehead atoms. The van der Waals surface area contributed by atoms with E-state index in [4.69, 9.17) is 0 Å². The Hall–Kier alpha value is -1.56. The Bertz CT molecular complexity index is 350. The number of aliphatic hydroxyl groups is 1. The molecule has 0 radical (unpaired) electrons. The zero-order chi connectivity index (χ0) is 11.4. The maximum absolute atomic E-state index is 13.0. The van der Waals surface area contributed by atoms with E-state index in [1.165, 1.54) is 0 Å². The molecule has 1 rings (SSSR count). The van der Waals surface area contributed by atoms with Crippen molar-refractivity contribution >= 4 is 5.97 Å². The van der Waals surface area contributed by atoms with E-state index in [0.29, 0.717) is 0 Å². The molecule has 15 heavy (non-hydrogen) atoms.